The summed E-state index contributed by atoms with van der Waals surface area (Å²) in [5, 5.41) is 8.52. The Balaban J connectivity index is 3.37. The Labute approximate surface area is 145 Å². The van der Waals surface area contributed by atoms with Gasteiger partial charge in [-0.3, -0.25) is 9.59 Å². The van der Waals surface area contributed by atoms with Crippen LogP contribution in [0, 0.1) is 0 Å². The van der Waals surface area contributed by atoms with Gasteiger partial charge in [-0.15, -0.1) is 0 Å². The number of carboxylic acids is 1. The van der Waals surface area contributed by atoms with Gasteiger partial charge in [-0.05, 0) is 26.2 Å². The molecule has 142 valence electrons. The molecule has 0 radical (unpaired) electrons. The molecule has 0 saturated carbocycles. The molecule has 0 saturated heterocycles. The summed E-state index contributed by atoms with van der Waals surface area (Å²) in [6.45, 7) is 5.51. The van der Waals surface area contributed by atoms with Crippen molar-refractivity contribution in [2.75, 3.05) is 19.8 Å². The van der Waals surface area contributed by atoms with E-state index in [9.17, 15) is 9.59 Å². The maximum absolute atomic E-state index is 11.6. The summed E-state index contributed by atoms with van der Waals surface area (Å²) in [6, 6.07) is 0. The smallest absolute Gasteiger partial charge is 0.308 e. The molecule has 1 unspecified atom stereocenters. The molecule has 0 aromatic rings. The first kappa shape index (κ1) is 22.9. The van der Waals surface area contributed by atoms with Crippen molar-refractivity contribution in [3.05, 3.63) is 0 Å². The third-order valence-corrected chi connectivity index (χ3v) is 3.54. The number of carbonyl (C=O) groups is 2. The van der Waals surface area contributed by atoms with Gasteiger partial charge in [0, 0.05) is 19.4 Å². The van der Waals surface area contributed by atoms with E-state index in [0.717, 1.165) is 58.0 Å². The molecule has 1 atom stereocenters. The molecule has 0 aliphatic carbocycles. The van der Waals surface area contributed by atoms with Crippen molar-refractivity contribution in [1.82, 2.24) is 0 Å². The number of hydrogen-bond acceptors (Lipinski definition) is 5. The van der Waals surface area contributed by atoms with E-state index in [0.29, 0.717) is 19.6 Å². The third kappa shape index (κ3) is 17.2. The van der Waals surface area contributed by atoms with E-state index in [-0.39, 0.29) is 12.4 Å². The van der Waals surface area contributed by atoms with Gasteiger partial charge >= 0.3 is 11.9 Å². The number of ether oxygens (including phenoxy) is 3. The zero-order valence-electron chi connectivity index (χ0n) is 15.3. The fraction of sp³-hybridized carbons (Fsp3) is 0.889. The Morgan fingerprint density at radius 3 is 2.12 bits per heavy atom. The van der Waals surface area contributed by atoms with Gasteiger partial charge in [-0.1, -0.05) is 39.0 Å². The lowest BCUT2D eigenvalue weighted by Crippen LogP contribution is -2.20. The molecular formula is C18H34O6. The monoisotopic (exact) mass is 346 g/mol. The van der Waals surface area contributed by atoms with Crippen molar-refractivity contribution in [1.29, 1.82) is 0 Å². The van der Waals surface area contributed by atoms with Crippen LogP contribution < -0.4 is 0 Å². The number of rotatable bonds is 17. The maximum atomic E-state index is 11.6. The standard InChI is InChI=1S/C18H34O6/c1-3-4-13-22-14-15-23-16(2)24-18(21)12-10-8-6-5-7-9-11-17(19)20/h16H,3-15H2,1-2H3,(H,19,20). The topological polar surface area (TPSA) is 82.1 Å². The molecule has 0 aromatic carbocycles. The predicted octanol–water partition coefficient (Wildman–Crippen LogP) is 3.91. The molecule has 0 spiro atoms. The molecule has 0 aliphatic rings. The van der Waals surface area contributed by atoms with Crippen LogP contribution in [0.4, 0.5) is 0 Å². The van der Waals surface area contributed by atoms with Gasteiger partial charge in [0.1, 0.15) is 0 Å². The average Bonchev–Trinajstić information content (AvgIpc) is 2.53. The molecule has 6 nitrogen and oxygen atoms in total. The first-order valence-electron chi connectivity index (χ1n) is 9.16. The van der Waals surface area contributed by atoms with Crippen molar-refractivity contribution in [2.24, 2.45) is 0 Å². The minimum absolute atomic E-state index is 0.236. The largest absolute Gasteiger partial charge is 0.481 e. The van der Waals surface area contributed by atoms with Gasteiger partial charge in [0.2, 0.25) is 0 Å². The first-order valence-corrected chi connectivity index (χ1v) is 9.16. The van der Waals surface area contributed by atoms with Gasteiger partial charge < -0.3 is 19.3 Å². The fourth-order valence-electron chi connectivity index (χ4n) is 2.15. The second-order valence-corrected chi connectivity index (χ2v) is 5.91. The van der Waals surface area contributed by atoms with E-state index in [1.165, 1.54) is 0 Å². The van der Waals surface area contributed by atoms with Crippen LogP contribution in [0.2, 0.25) is 0 Å². The third-order valence-electron chi connectivity index (χ3n) is 3.54. The Kier molecular flexibility index (Phi) is 15.9. The Morgan fingerprint density at radius 1 is 0.875 bits per heavy atom. The lowest BCUT2D eigenvalue weighted by molar-refractivity contribution is -0.177. The lowest BCUT2D eigenvalue weighted by atomic mass is 10.1. The molecule has 6 heteroatoms. The van der Waals surface area contributed by atoms with Gasteiger partial charge in [-0.2, -0.15) is 0 Å². The highest BCUT2D eigenvalue weighted by Crippen LogP contribution is 2.09. The molecule has 0 aliphatic heterocycles. The van der Waals surface area contributed by atoms with E-state index >= 15 is 0 Å². The van der Waals surface area contributed by atoms with E-state index in [1.54, 1.807) is 6.92 Å². The zero-order chi connectivity index (χ0) is 18.0. The van der Waals surface area contributed by atoms with Crippen LogP contribution in [0.25, 0.3) is 0 Å². The molecular weight excluding hydrogens is 312 g/mol. The number of hydrogen-bond donors (Lipinski definition) is 1. The molecule has 0 fully saturated rings. The summed E-state index contributed by atoms with van der Waals surface area (Å²) >= 11 is 0. The van der Waals surface area contributed by atoms with Crippen LogP contribution in [0.15, 0.2) is 0 Å². The van der Waals surface area contributed by atoms with Crippen molar-refractivity contribution >= 4 is 11.9 Å². The van der Waals surface area contributed by atoms with E-state index < -0.39 is 12.3 Å². The fourth-order valence-corrected chi connectivity index (χ4v) is 2.15. The van der Waals surface area contributed by atoms with Crippen LogP contribution in [0.3, 0.4) is 0 Å². The second-order valence-electron chi connectivity index (χ2n) is 5.91. The number of carboxylic acid groups (broad SMARTS) is 1. The van der Waals surface area contributed by atoms with E-state index in [1.807, 2.05) is 0 Å². The minimum atomic E-state index is -0.735. The first-order chi connectivity index (χ1) is 11.6. The van der Waals surface area contributed by atoms with Crippen LogP contribution in [-0.2, 0) is 23.8 Å². The summed E-state index contributed by atoms with van der Waals surface area (Å²) in [6.07, 6.45) is 7.71. The van der Waals surface area contributed by atoms with Crippen LogP contribution >= 0.6 is 0 Å². The summed E-state index contributed by atoms with van der Waals surface area (Å²) in [7, 11) is 0. The highest BCUT2D eigenvalue weighted by Gasteiger charge is 2.09. The maximum Gasteiger partial charge on any atom is 0.308 e. The van der Waals surface area contributed by atoms with Crippen molar-refractivity contribution in [3.63, 3.8) is 0 Å². The highest BCUT2D eigenvalue weighted by molar-refractivity contribution is 5.69. The van der Waals surface area contributed by atoms with Crippen LogP contribution in [-0.4, -0.2) is 43.2 Å². The summed E-state index contributed by atoms with van der Waals surface area (Å²) < 4.78 is 15.9. The molecule has 0 rings (SSSR count). The number of aliphatic carboxylic acids is 1. The van der Waals surface area contributed by atoms with E-state index in [4.69, 9.17) is 19.3 Å². The normalized spacial score (nSPS) is 12.1. The number of esters is 1. The summed E-state index contributed by atoms with van der Waals surface area (Å²) in [4.78, 5) is 22.0. The predicted molar refractivity (Wildman–Crippen MR) is 91.8 cm³/mol. The Morgan fingerprint density at radius 2 is 1.50 bits per heavy atom. The van der Waals surface area contributed by atoms with Crippen LogP contribution in [0.1, 0.15) is 78.1 Å². The summed E-state index contributed by atoms with van der Waals surface area (Å²) in [5.41, 5.74) is 0. The summed E-state index contributed by atoms with van der Waals surface area (Å²) in [5.74, 6) is -0.970. The average molecular weight is 346 g/mol. The lowest BCUT2D eigenvalue weighted by Gasteiger charge is -2.14. The highest BCUT2D eigenvalue weighted by atomic mass is 16.7. The van der Waals surface area contributed by atoms with Crippen molar-refractivity contribution in [2.45, 2.75) is 84.3 Å². The van der Waals surface area contributed by atoms with Gasteiger partial charge in [0.15, 0.2) is 6.29 Å². The molecule has 0 aromatic heterocycles. The molecule has 0 bridgehead atoms. The Hall–Kier alpha value is -1.14. The number of unbranched alkanes of at least 4 members (excludes halogenated alkanes) is 6. The van der Waals surface area contributed by atoms with Crippen molar-refractivity contribution in [3.8, 4) is 0 Å². The molecule has 0 amide bonds. The molecule has 24 heavy (non-hydrogen) atoms. The SMILES string of the molecule is CCCCOCCOC(C)OC(=O)CCCCCCCCC(=O)O. The molecule has 0 heterocycles. The van der Waals surface area contributed by atoms with Crippen molar-refractivity contribution < 1.29 is 28.9 Å². The second kappa shape index (κ2) is 16.7. The Bertz CT molecular complexity index is 319. The molecule has 1 N–H and O–H groups in total. The van der Waals surface area contributed by atoms with Gasteiger partial charge in [-0.25, -0.2) is 0 Å². The quantitative estimate of drug-likeness (QED) is 0.244. The zero-order valence-corrected chi connectivity index (χ0v) is 15.3. The van der Waals surface area contributed by atoms with Gasteiger partial charge in [0.25, 0.3) is 0 Å². The van der Waals surface area contributed by atoms with E-state index in [2.05, 4.69) is 6.92 Å². The van der Waals surface area contributed by atoms with Gasteiger partial charge in [0.05, 0.1) is 13.2 Å². The number of carbonyl (C=O) groups excluding carboxylic acids is 1. The van der Waals surface area contributed by atoms with Crippen LogP contribution in [0.5, 0.6) is 0 Å². The minimum Gasteiger partial charge on any atom is -0.481 e.